The summed E-state index contributed by atoms with van der Waals surface area (Å²) in [6.07, 6.45) is 3.45. The average molecular weight is 556 g/mol. The number of carbonyl (C=O) groups excluding carboxylic acids is 6. The second-order valence-corrected chi connectivity index (χ2v) is 10.1. The number of carbonyl (C=O) groups is 4. The maximum atomic E-state index is 12.6. The summed E-state index contributed by atoms with van der Waals surface area (Å²) in [7, 11) is 0. The zero-order chi connectivity index (χ0) is 28.8. The molecule has 0 spiro atoms. The third-order valence-electron chi connectivity index (χ3n) is 6.12. The molecule has 1 amide bonds. The highest BCUT2D eigenvalue weighted by Crippen LogP contribution is 2.31. The minimum atomic E-state index is -1.04. The van der Waals surface area contributed by atoms with Crippen molar-refractivity contribution in [3.05, 3.63) is 59.7 Å². The lowest BCUT2D eigenvalue weighted by Crippen LogP contribution is -2.54. The Morgan fingerprint density at radius 2 is 1.51 bits per heavy atom. The van der Waals surface area contributed by atoms with Crippen LogP contribution in [0.3, 0.4) is 0 Å². The molecule has 2 aromatic rings. The molecule has 0 bridgehead atoms. The highest BCUT2D eigenvalue weighted by Gasteiger charge is 2.38. The molecule has 10 heteroatoms. The first-order valence-corrected chi connectivity index (χ1v) is 13.5. The van der Waals surface area contributed by atoms with Gasteiger partial charge in [0.05, 0.1) is 12.5 Å². The second-order valence-electron chi connectivity index (χ2n) is 9.00. The third kappa shape index (κ3) is 10.1. The Kier molecular flexibility index (Phi) is 12.6. The first-order chi connectivity index (χ1) is 18.7. The fraction of sp³-hybridized carbons (Fsp3) is 0.414. The van der Waals surface area contributed by atoms with Crippen LogP contribution in [0, 0.1) is 5.92 Å². The number of ether oxygens (including phenoxy) is 2. The van der Waals surface area contributed by atoms with Crippen molar-refractivity contribution in [3.8, 4) is 0 Å². The van der Waals surface area contributed by atoms with Crippen LogP contribution < -0.4 is 5.32 Å². The van der Waals surface area contributed by atoms with Crippen LogP contribution in [0.4, 0.5) is 0 Å². The monoisotopic (exact) mass is 555 g/mol. The predicted molar refractivity (Wildman–Crippen MR) is 142 cm³/mol. The number of nitrogens with one attached hydrogen (secondary N) is 1. The van der Waals surface area contributed by atoms with Crippen LogP contribution >= 0.6 is 11.8 Å². The lowest BCUT2D eigenvalue weighted by molar-refractivity contribution is -0.191. The number of amides is 1. The summed E-state index contributed by atoms with van der Waals surface area (Å²) in [6.45, 7) is 5.06. The van der Waals surface area contributed by atoms with E-state index in [-0.39, 0.29) is 42.9 Å². The average Bonchev–Trinajstić information content (AvgIpc) is 3.77. The summed E-state index contributed by atoms with van der Waals surface area (Å²) in [4.78, 5) is 66.5. The van der Waals surface area contributed by atoms with Crippen LogP contribution in [0.15, 0.2) is 58.3 Å². The number of hydrogen-bond acceptors (Lipinski definition) is 9. The Labute approximate surface area is 232 Å². The first kappa shape index (κ1) is 31.5. The molecule has 1 unspecified atom stereocenters. The number of Topliss-reactive ketones (excluding diaryl/α,β-unsaturated/α-hetero) is 1. The van der Waals surface area contributed by atoms with Crippen molar-refractivity contribution < 1.29 is 38.2 Å². The highest BCUT2D eigenvalue weighted by atomic mass is 32.2. The normalized spacial score (nSPS) is 13.5. The molecule has 1 atom stereocenters. The molecular formula is C29H33NO8S. The molecule has 0 aliphatic heterocycles. The number of esters is 2. The summed E-state index contributed by atoms with van der Waals surface area (Å²) in [6, 6.07) is 15.3. The Balaban J connectivity index is 0.00000170. The van der Waals surface area contributed by atoms with Gasteiger partial charge in [0, 0.05) is 22.3 Å². The van der Waals surface area contributed by atoms with Gasteiger partial charge in [0.1, 0.15) is 5.54 Å². The van der Waals surface area contributed by atoms with Gasteiger partial charge in [0.15, 0.2) is 12.4 Å². The van der Waals surface area contributed by atoms with Crippen molar-refractivity contribution in [1.82, 2.24) is 5.32 Å². The van der Waals surface area contributed by atoms with Gasteiger partial charge in [0.25, 0.3) is 0 Å². The van der Waals surface area contributed by atoms with Crippen molar-refractivity contribution in [2.75, 3.05) is 13.2 Å². The molecule has 1 aliphatic rings. The largest absolute Gasteiger partial charge is 0.464 e. The number of aryl methyl sites for hydroxylation is 1. The van der Waals surface area contributed by atoms with Gasteiger partial charge in [-0.05, 0) is 68.9 Å². The molecule has 0 aromatic heterocycles. The molecule has 9 nitrogen and oxygen atoms in total. The summed E-state index contributed by atoms with van der Waals surface area (Å²) in [5.74, 6) is -1.18. The molecule has 0 saturated heterocycles. The van der Waals surface area contributed by atoms with Crippen LogP contribution in [-0.4, -0.2) is 48.5 Å². The van der Waals surface area contributed by atoms with E-state index in [1.54, 1.807) is 30.8 Å². The molecule has 39 heavy (non-hydrogen) atoms. The Bertz CT molecular complexity index is 1170. The fourth-order valence-corrected chi connectivity index (χ4v) is 4.63. The molecule has 208 valence electrons. The smallest absolute Gasteiger partial charge is 0.373 e. The van der Waals surface area contributed by atoms with E-state index in [1.807, 2.05) is 43.3 Å². The van der Waals surface area contributed by atoms with Crippen LogP contribution in [0.5, 0.6) is 0 Å². The molecule has 0 radical (unpaired) electrons. The van der Waals surface area contributed by atoms with Crippen molar-refractivity contribution in [3.63, 3.8) is 0 Å². The van der Waals surface area contributed by atoms with E-state index in [2.05, 4.69) is 5.32 Å². The van der Waals surface area contributed by atoms with Gasteiger partial charge in [-0.3, -0.25) is 14.4 Å². The molecule has 3 rings (SSSR count). The van der Waals surface area contributed by atoms with Crippen molar-refractivity contribution >= 4 is 41.5 Å². The second kappa shape index (κ2) is 15.6. The first-order valence-electron chi connectivity index (χ1n) is 12.7. The van der Waals surface area contributed by atoms with E-state index in [0.29, 0.717) is 24.8 Å². The topological polar surface area (TPSA) is 133 Å². The minimum Gasteiger partial charge on any atom is -0.464 e. The van der Waals surface area contributed by atoms with Gasteiger partial charge < -0.3 is 14.8 Å². The summed E-state index contributed by atoms with van der Waals surface area (Å²) >= 11 is 1.57. The Hall–Kier alpha value is -3.75. The number of hydrogen-bond donors (Lipinski definition) is 1. The molecule has 1 saturated carbocycles. The van der Waals surface area contributed by atoms with Gasteiger partial charge in [-0.25, -0.2) is 4.79 Å². The quantitative estimate of drug-likeness (QED) is 0.286. The van der Waals surface area contributed by atoms with Gasteiger partial charge in [-0.15, -0.1) is 0 Å². The molecule has 1 N–H and O–H groups in total. The molecule has 1 fully saturated rings. The van der Waals surface area contributed by atoms with E-state index in [9.17, 15) is 19.2 Å². The Morgan fingerprint density at radius 3 is 2.00 bits per heavy atom. The summed E-state index contributed by atoms with van der Waals surface area (Å²) in [5, 5.41) is 2.81. The summed E-state index contributed by atoms with van der Waals surface area (Å²) < 4.78 is 10.3. The minimum absolute atomic E-state index is 0.0214. The zero-order valence-corrected chi connectivity index (χ0v) is 23.1. The van der Waals surface area contributed by atoms with Gasteiger partial charge in [-0.2, -0.15) is 9.59 Å². The maximum absolute atomic E-state index is 12.6. The SMILES string of the molecule is CCOC(=O)C(CC)(CCc1ccc(Sc2ccc(C(=O)COC(=O)C3CC3)cc2)cc1)NC(C)=O.O=C=O. The molecule has 0 heterocycles. The van der Waals surface area contributed by atoms with E-state index < -0.39 is 11.5 Å². The van der Waals surface area contributed by atoms with Gasteiger partial charge in [0.2, 0.25) is 5.91 Å². The van der Waals surface area contributed by atoms with Crippen LogP contribution in [-0.2, 0) is 39.9 Å². The molecular weight excluding hydrogens is 522 g/mol. The zero-order valence-electron chi connectivity index (χ0n) is 22.3. The van der Waals surface area contributed by atoms with E-state index in [0.717, 1.165) is 28.2 Å². The fourth-order valence-electron chi connectivity index (χ4n) is 3.82. The van der Waals surface area contributed by atoms with E-state index >= 15 is 0 Å². The summed E-state index contributed by atoms with van der Waals surface area (Å²) in [5.41, 5.74) is 0.525. The van der Waals surface area contributed by atoms with Gasteiger partial charge in [-0.1, -0.05) is 43.0 Å². The van der Waals surface area contributed by atoms with Crippen LogP contribution in [0.2, 0.25) is 0 Å². The third-order valence-corrected chi connectivity index (χ3v) is 7.13. The standard InChI is InChI=1S/C28H33NO6S.CO2/c1-4-28(29-19(3)30,27(33)34-5-2)17-16-20-6-12-23(13-7-20)36-24-14-10-21(11-15-24)25(31)18-35-26(32)22-8-9-22;2-1-3/h6-7,10-15,22H,4-5,8-9,16-18H2,1-3H3,(H,29,30);. The number of ketones is 1. The van der Waals surface area contributed by atoms with Crippen LogP contribution in [0.25, 0.3) is 0 Å². The Morgan fingerprint density at radius 1 is 0.949 bits per heavy atom. The van der Waals surface area contributed by atoms with Crippen molar-refractivity contribution in [2.45, 2.75) is 68.2 Å². The highest BCUT2D eigenvalue weighted by molar-refractivity contribution is 7.99. The van der Waals surface area contributed by atoms with Crippen LogP contribution in [0.1, 0.15) is 62.4 Å². The maximum Gasteiger partial charge on any atom is 0.373 e. The van der Waals surface area contributed by atoms with Crippen molar-refractivity contribution in [2.24, 2.45) is 5.92 Å². The van der Waals surface area contributed by atoms with Gasteiger partial charge >= 0.3 is 18.1 Å². The van der Waals surface area contributed by atoms with Crippen molar-refractivity contribution in [1.29, 1.82) is 0 Å². The lowest BCUT2D eigenvalue weighted by atomic mass is 9.88. The molecule has 1 aliphatic carbocycles. The lowest BCUT2D eigenvalue weighted by Gasteiger charge is -2.31. The molecule has 2 aromatic carbocycles. The predicted octanol–water partition coefficient (Wildman–Crippen LogP) is 4.17. The number of benzene rings is 2. The van der Waals surface area contributed by atoms with E-state index in [4.69, 9.17) is 19.1 Å². The van der Waals surface area contributed by atoms with E-state index in [1.165, 1.54) is 6.92 Å². The number of rotatable bonds is 13.